The average molecular weight is 252 g/mol. The normalized spacial score (nSPS) is 17.3. The summed E-state index contributed by atoms with van der Waals surface area (Å²) >= 11 is 0. The maximum Gasteiger partial charge on any atom is 0.673 e. The van der Waals surface area contributed by atoms with E-state index >= 15 is 0 Å². The highest BCUT2D eigenvalue weighted by Gasteiger charge is 2.38. The van der Waals surface area contributed by atoms with Gasteiger partial charge >= 0.3 is 7.25 Å². The summed E-state index contributed by atoms with van der Waals surface area (Å²) in [5.41, 5.74) is 0. The lowest BCUT2D eigenvalue weighted by Gasteiger charge is -1.98. The van der Waals surface area contributed by atoms with Gasteiger partial charge < -0.3 is 17.3 Å². The molecule has 1 atom stereocenters. The molecular formula is C10H13BF4S. The molecule has 0 amide bonds. The Labute approximate surface area is 95.5 Å². The first-order valence-electron chi connectivity index (χ1n) is 4.95. The van der Waals surface area contributed by atoms with Crippen LogP contribution >= 0.6 is 0 Å². The Hall–Kier alpha value is -0.645. The van der Waals surface area contributed by atoms with Crippen LogP contribution in [0.15, 0.2) is 35.2 Å². The second-order valence-corrected chi connectivity index (χ2v) is 5.82. The maximum absolute atomic E-state index is 9.75. The highest BCUT2D eigenvalue weighted by atomic mass is 32.2. The molecule has 0 spiro atoms. The van der Waals surface area contributed by atoms with E-state index in [1.807, 2.05) is 0 Å². The molecule has 1 saturated carbocycles. The van der Waals surface area contributed by atoms with Crippen LogP contribution in [0.25, 0.3) is 0 Å². The van der Waals surface area contributed by atoms with Crippen molar-refractivity contribution in [3.05, 3.63) is 30.3 Å². The molecule has 0 aromatic heterocycles. The molecule has 90 valence electrons. The molecule has 1 fully saturated rings. The van der Waals surface area contributed by atoms with Gasteiger partial charge in [-0.2, -0.15) is 0 Å². The van der Waals surface area contributed by atoms with Gasteiger partial charge in [-0.15, -0.1) is 0 Å². The van der Waals surface area contributed by atoms with Crippen LogP contribution in [0.4, 0.5) is 17.3 Å². The number of halogens is 4. The number of hydrogen-bond acceptors (Lipinski definition) is 0. The minimum absolute atomic E-state index is 0.526. The zero-order valence-electron chi connectivity index (χ0n) is 8.88. The van der Waals surface area contributed by atoms with E-state index in [1.165, 1.54) is 17.7 Å². The van der Waals surface area contributed by atoms with Gasteiger partial charge in [0.15, 0.2) is 4.90 Å². The molecule has 1 aromatic carbocycles. The van der Waals surface area contributed by atoms with Crippen LogP contribution in [0.3, 0.4) is 0 Å². The Morgan fingerprint density at radius 1 is 1.06 bits per heavy atom. The van der Waals surface area contributed by atoms with Crippen molar-refractivity contribution in [2.24, 2.45) is 0 Å². The minimum Gasteiger partial charge on any atom is -0.418 e. The van der Waals surface area contributed by atoms with E-state index in [0.29, 0.717) is 10.9 Å². The van der Waals surface area contributed by atoms with E-state index < -0.39 is 7.25 Å². The Morgan fingerprint density at radius 3 is 1.88 bits per heavy atom. The lowest BCUT2D eigenvalue weighted by atomic mass is 10.3. The molecule has 1 aliphatic rings. The molecule has 0 heterocycles. The Bertz CT molecular complexity index is 304. The predicted molar refractivity (Wildman–Crippen MR) is 61.2 cm³/mol. The second kappa shape index (κ2) is 5.61. The third-order valence-corrected chi connectivity index (χ3v) is 4.63. The molecule has 0 N–H and O–H groups in total. The van der Waals surface area contributed by atoms with E-state index in [0.717, 1.165) is 5.25 Å². The van der Waals surface area contributed by atoms with Crippen molar-refractivity contribution in [2.75, 3.05) is 6.26 Å². The van der Waals surface area contributed by atoms with Crippen molar-refractivity contribution in [1.29, 1.82) is 0 Å². The Balaban J connectivity index is 0.000000221. The van der Waals surface area contributed by atoms with E-state index in [-0.39, 0.29) is 0 Å². The molecule has 0 radical (unpaired) electrons. The molecule has 0 aliphatic heterocycles. The predicted octanol–water partition coefficient (Wildman–Crippen LogP) is 3.76. The minimum atomic E-state index is -6.00. The smallest absolute Gasteiger partial charge is 0.418 e. The van der Waals surface area contributed by atoms with Gasteiger partial charge in [-0.1, -0.05) is 18.2 Å². The molecule has 1 aromatic rings. The second-order valence-electron chi connectivity index (χ2n) is 3.56. The van der Waals surface area contributed by atoms with Crippen LogP contribution in [-0.2, 0) is 10.9 Å². The molecule has 1 aliphatic carbocycles. The van der Waals surface area contributed by atoms with Crippen LogP contribution in [0.1, 0.15) is 12.8 Å². The summed E-state index contributed by atoms with van der Waals surface area (Å²) in [6, 6.07) is 10.9. The SMILES string of the molecule is C[S+](c1ccccc1)C1CC1.F[B-](F)(F)F. The molecule has 0 nitrogen and oxygen atoms in total. The van der Waals surface area contributed by atoms with E-state index in [2.05, 4.69) is 36.6 Å². The average Bonchev–Trinajstić information content (AvgIpc) is 2.99. The first-order valence-corrected chi connectivity index (χ1v) is 6.64. The lowest BCUT2D eigenvalue weighted by Crippen LogP contribution is -2.04. The van der Waals surface area contributed by atoms with Crippen LogP contribution in [0, 0.1) is 0 Å². The largest absolute Gasteiger partial charge is 0.673 e. The molecule has 0 saturated heterocycles. The third kappa shape index (κ3) is 6.05. The zero-order valence-corrected chi connectivity index (χ0v) is 9.69. The van der Waals surface area contributed by atoms with Crippen LogP contribution in [-0.4, -0.2) is 18.8 Å². The van der Waals surface area contributed by atoms with Gasteiger partial charge in [-0.3, -0.25) is 0 Å². The van der Waals surface area contributed by atoms with E-state index in [9.17, 15) is 17.3 Å². The summed E-state index contributed by atoms with van der Waals surface area (Å²) in [5.74, 6) is 0. The van der Waals surface area contributed by atoms with Gasteiger partial charge in [-0.25, -0.2) is 0 Å². The molecule has 0 bridgehead atoms. The molecule has 6 heteroatoms. The number of hydrogen-bond donors (Lipinski definition) is 0. The fourth-order valence-electron chi connectivity index (χ4n) is 1.25. The van der Waals surface area contributed by atoms with Crippen molar-refractivity contribution in [3.63, 3.8) is 0 Å². The van der Waals surface area contributed by atoms with Crippen molar-refractivity contribution < 1.29 is 17.3 Å². The Kier molecular flexibility index (Phi) is 4.71. The standard InChI is InChI=1S/C10H13S.BF4/c1-11(10-7-8-10)9-5-3-2-4-6-9;2-1(3,4)5/h2-6,10H,7-8H2,1H3;/q+1;-1. The quantitative estimate of drug-likeness (QED) is 0.427. The summed E-state index contributed by atoms with van der Waals surface area (Å²) in [6.45, 7) is 0. The van der Waals surface area contributed by atoms with Crippen molar-refractivity contribution in [1.82, 2.24) is 0 Å². The van der Waals surface area contributed by atoms with Crippen LogP contribution < -0.4 is 0 Å². The fourth-order valence-corrected chi connectivity index (χ4v) is 3.06. The van der Waals surface area contributed by atoms with Crippen molar-refractivity contribution >= 4 is 18.1 Å². The van der Waals surface area contributed by atoms with Crippen LogP contribution in [0.2, 0.25) is 0 Å². The van der Waals surface area contributed by atoms with Crippen LogP contribution in [0.5, 0.6) is 0 Å². The Morgan fingerprint density at radius 2 is 1.50 bits per heavy atom. The van der Waals surface area contributed by atoms with Gasteiger partial charge in [0.2, 0.25) is 0 Å². The molecule has 16 heavy (non-hydrogen) atoms. The van der Waals surface area contributed by atoms with Gasteiger partial charge in [-0.05, 0) is 12.1 Å². The first-order chi connectivity index (χ1) is 7.38. The summed E-state index contributed by atoms with van der Waals surface area (Å²) in [7, 11) is -5.47. The third-order valence-electron chi connectivity index (χ3n) is 2.14. The summed E-state index contributed by atoms with van der Waals surface area (Å²) in [5, 5.41) is 1.01. The van der Waals surface area contributed by atoms with Gasteiger partial charge in [0.1, 0.15) is 11.5 Å². The summed E-state index contributed by atoms with van der Waals surface area (Å²) in [6.07, 6.45) is 5.27. The monoisotopic (exact) mass is 252 g/mol. The topological polar surface area (TPSA) is 0 Å². The highest BCUT2D eigenvalue weighted by Crippen LogP contribution is 2.33. The van der Waals surface area contributed by atoms with Crippen molar-refractivity contribution in [3.8, 4) is 0 Å². The highest BCUT2D eigenvalue weighted by molar-refractivity contribution is 7.97. The van der Waals surface area contributed by atoms with E-state index in [4.69, 9.17) is 0 Å². The van der Waals surface area contributed by atoms with Gasteiger partial charge in [0.05, 0.1) is 0 Å². The van der Waals surface area contributed by atoms with Gasteiger partial charge in [0.25, 0.3) is 0 Å². The molecule has 2 rings (SSSR count). The van der Waals surface area contributed by atoms with Gasteiger partial charge in [0, 0.05) is 23.7 Å². The first kappa shape index (κ1) is 13.4. The summed E-state index contributed by atoms with van der Waals surface area (Å²) < 4.78 is 39.0. The number of rotatable bonds is 2. The zero-order chi connectivity index (χ0) is 12.2. The molecule has 1 unspecified atom stereocenters. The maximum atomic E-state index is 9.75. The summed E-state index contributed by atoms with van der Waals surface area (Å²) in [4.78, 5) is 1.54. The van der Waals surface area contributed by atoms with Crippen molar-refractivity contribution in [2.45, 2.75) is 23.0 Å². The fraction of sp³-hybridized carbons (Fsp3) is 0.400. The molecular weight excluding hydrogens is 239 g/mol. The lowest BCUT2D eigenvalue weighted by molar-refractivity contribution is 0.368. The van der Waals surface area contributed by atoms with E-state index in [1.54, 1.807) is 0 Å². The number of benzene rings is 1.